The summed E-state index contributed by atoms with van der Waals surface area (Å²) in [4.78, 5) is 15.2. The van der Waals surface area contributed by atoms with Crippen molar-refractivity contribution in [3.63, 3.8) is 0 Å². The molecule has 0 aliphatic carbocycles. The summed E-state index contributed by atoms with van der Waals surface area (Å²) in [5, 5.41) is 11.3. The number of aromatic hydroxyl groups is 1. The lowest BCUT2D eigenvalue weighted by Gasteiger charge is -2.23. The molecule has 0 saturated heterocycles. The van der Waals surface area contributed by atoms with Gasteiger partial charge in [-0.1, -0.05) is 58.7 Å². The van der Waals surface area contributed by atoms with Crippen LogP contribution in [0.5, 0.6) is 5.75 Å². The Kier molecular flexibility index (Phi) is 11.0. The van der Waals surface area contributed by atoms with Gasteiger partial charge >= 0.3 is 6.18 Å². The van der Waals surface area contributed by atoms with E-state index in [1.54, 1.807) is 26.0 Å². The first-order chi connectivity index (χ1) is 13.5. The van der Waals surface area contributed by atoms with Gasteiger partial charge in [-0.2, -0.15) is 13.2 Å². The molecular weight excluding hydrogens is 381 g/mol. The molecule has 0 spiro atoms. The van der Waals surface area contributed by atoms with Crippen molar-refractivity contribution in [1.29, 1.82) is 0 Å². The molecule has 1 aromatic carbocycles. The van der Waals surface area contributed by atoms with E-state index in [4.69, 9.17) is 5.11 Å². The third-order valence-corrected chi connectivity index (χ3v) is 3.83. The highest BCUT2D eigenvalue weighted by atomic mass is 19.4. The van der Waals surface area contributed by atoms with Crippen LogP contribution < -0.4 is 5.32 Å². The Hall–Kier alpha value is -2.57. The number of aryl methyl sites for hydroxylation is 1. The highest BCUT2D eigenvalue weighted by molar-refractivity contribution is 5.94. The number of carbonyl (C=O) groups excluding carboxylic acids is 1. The van der Waals surface area contributed by atoms with E-state index < -0.39 is 17.3 Å². The molecule has 0 aliphatic rings. The molecule has 0 aliphatic heterocycles. The second-order valence-corrected chi connectivity index (χ2v) is 6.85. The minimum absolute atomic E-state index is 0.108. The number of hydrogen-bond acceptors (Lipinski definition) is 3. The van der Waals surface area contributed by atoms with Crippen LogP contribution >= 0.6 is 0 Å². The number of hydrogen-bond donors (Lipinski definition) is 2. The Morgan fingerprint density at radius 1 is 1.10 bits per heavy atom. The third-order valence-electron chi connectivity index (χ3n) is 3.83. The Morgan fingerprint density at radius 3 is 2.10 bits per heavy atom. The van der Waals surface area contributed by atoms with Gasteiger partial charge in [0.1, 0.15) is 11.4 Å². The van der Waals surface area contributed by atoms with Crippen LogP contribution in [0.3, 0.4) is 0 Å². The van der Waals surface area contributed by atoms with Crippen molar-refractivity contribution in [3.05, 3.63) is 53.9 Å². The number of pyridine rings is 1. The second kappa shape index (κ2) is 12.1. The molecule has 2 aromatic rings. The number of halogens is 3. The average molecular weight is 412 g/mol. The maximum atomic E-state index is 12.5. The lowest BCUT2D eigenvalue weighted by Crippen LogP contribution is -2.30. The van der Waals surface area contributed by atoms with E-state index in [2.05, 4.69) is 10.3 Å². The van der Waals surface area contributed by atoms with Crippen molar-refractivity contribution in [2.24, 2.45) is 5.41 Å². The summed E-state index contributed by atoms with van der Waals surface area (Å²) < 4.78 is 37.5. The number of carbonyl (C=O) groups is 1. The van der Waals surface area contributed by atoms with Crippen LogP contribution in [-0.4, -0.2) is 16.0 Å². The number of rotatable bonds is 4. The maximum Gasteiger partial charge on any atom is 0.433 e. The first-order valence-electron chi connectivity index (χ1n) is 9.56. The largest absolute Gasteiger partial charge is 0.508 e. The van der Waals surface area contributed by atoms with Gasteiger partial charge in [-0.05, 0) is 37.6 Å². The molecule has 0 radical (unpaired) electrons. The molecule has 1 amide bonds. The molecule has 0 saturated carbocycles. The number of aromatic nitrogens is 1. The molecule has 0 bridgehead atoms. The van der Waals surface area contributed by atoms with Crippen molar-refractivity contribution in [1.82, 2.24) is 4.98 Å². The zero-order valence-corrected chi connectivity index (χ0v) is 17.9. The Morgan fingerprint density at radius 2 is 1.66 bits per heavy atom. The summed E-state index contributed by atoms with van der Waals surface area (Å²) in [6.45, 7) is 11.5. The fourth-order valence-corrected chi connectivity index (χ4v) is 2.25. The molecule has 0 atom stereocenters. The standard InChI is InChI=1S/C13H17F3N2O.C7H8O.C2H6/c1-4-6-12(2,3)11(19)18-9-5-7-17-10(8-9)13(14,15)16;1-6-2-4-7(8)5-3-6;1-2/h5,7-8H,4,6H2,1-3H3,(H,17,18,19);2-5,8H,1H3;1-2H3. The van der Waals surface area contributed by atoms with Gasteiger partial charge in [-0.25, -0.2) is 0 Å². The lowest BCUT2D eigenvalue weighted by atomic mass is 9.87. The Labute approximate surface area is 171 Å². The number of phenolic OH excluding ortho intramolecular Hbond substituents is 1. The molecule has 162 valence electrons. The molecule has 4 nitrogen and oxygen atoms in total. The average Bonchev–Trinajstić information content (AvgIpc) is 2.66. The van der Waals surface area contributed by atoms with Crippen molar-refractivity contribution >= 4 is 11.6 Å². The van der Waals surface area contributed by atoms with E-state index in [9.17, 15) is 18.0 Å². The van der Waals surface area contributed by atoms with Crippen LogP contribution in [0.15, 0.2) is 42.6 Å². The van der Waals surface area contributed by atoms with Crippen LogP contribution in [-0.2, 0) is 11.0 Å². The van der Waals surface area contributed by atoms with Gasteiger partial charge in [0, 0.05) is 17.3 Å². The van der Waals surface area contributed by atoms with Crippen molar-refractivity contribution in [2.75, 3.05) is 5.32 Å². The predicted molar refractivity (Wildman–Crippen MR) is 111 cm³/mol. The molecule has 1 heterocycles. The van der Waals surface area contributed by atoms with E-state index in [-0.39, 0.29) is 11.6 Å². The van der Waals surface area contributed by atoms with E-state index in [0.717, 1.165) is 18.7 Å². The van der Waals surface area contributed by atoms with E-state index in [1.165, 1.54) is 11.6 Å². The maximum absolute atomic E-state index is 12.5. The van der Waals surface area contributed by atoms with Crippen LogP contribution in [0, 0.1) is 12.3 Å². The monoisotopic (exact) mass is 412 g/mol. The second-order valence-electron chi connectivity index (χ2n) is 6.85. The Balaban J connectivity index is 0.000000649. The minimum atomic E-state index is -4.51. The molecular formula is C22H31F3N2O2. The van der Waals surface area contributed by atoms with Crippen LogP contribution in [0.1, 0.15) is 58.7 Å². The van der Waals surface area contributed by atoms with Crippen molar-refractivity contribution in [2.45, 2.75) is 60.6 Å². The number of nitrogens with one attached hydrogen (secondary N) is 1. The van der Waals surface area contributed by atoms with Gasteiger partial charge < -0.3 is 10.4 Å². The number of alkyl halides is 3. The van der Waals surface area contributed by atoms with Gasteiger partial charge in [0.05, 0.1) is 0 Å². The fourth-order valence-electron chi connectivity index (χ4n) is 2.25. The first kappa shape index (κ1) is 26.4. The summed E-state index contributed by atoms with van der Waals surface area (Å²) in [5.41, 5.74) is -0.353. The van der Waals surface area contributed by atoms with E-state index in [1.807, 2.05) is 39.8 Å². The van der Waals surface area contributed by atoms with E-state index in [0.29, 0.717) is 12.2 Å². The van der Waals surface area contributed by atoms with Gasteiger partial charge in [0.15, 0.2) is 0 Å². The van der Waals surface area contributed by atoms with Crippen LogP contribution in [0.4, 0.5) is 18.9 Å². The zero-order valence-electron chi connectivity index (χ0n) is 17.9. The summed E-state index contributed by atoms with van der Waals surface area (Å²) in [7, 11) is 0. The van der Waals surface area contributed by atoms with Crippen molar-refractivity contribution < 1.29 is 23.1 Å². The summed E-state index contributed by atoms with van der Waals surface area (Å²) in [6, 6.07) is 9.27. The molecule has 7 heteroatoms. The molecule has 2 rings (SSSR count). The third kappa shape index (κ3) is 9.96. The van der Waals surface area contributed by atoms with Crippen molar-refractivity contribution in [3.8, 4) is 5.75 Å². The van der Waals surface area contributed by atoms with Gasteiger partial charge in [-0.15, -0.1) is 0 Å². The van der Waals surface area contributed by atoms with Crippen LogP contribution in [0.25, 0.3) is 0 Å². The highest BCUT2D eigenvalue weighted by Gasteiger charge is 2.33. The number of amides is 1. The fraction of sp³-hybridized carbons (Fsp3) is 0.455. The number of anilines is 1. The van der Waals surface area contributed by atoms with Gasteiger partial charge in [-0.3, -0.25) is 9.78 Å². The van der Waals surface area contributed by atoms with E-state index >= 15 is 0 Å². The predicted octanol–water partition coefficient (Wildman–Crippen LogP) is 6.59. The van der Waals surface area contributed by atoms with Gasteiger partial charge in [0.2, 0.25) is 5.91 Å². The summed E-state index contributed by atoms with van der Waals surface area (Å²) >= 11 is 0. The van der Waals surface area contributed by atoms with Crippen LogP contribution in [0.2, 0.25) is 0 Å². The molecule has 1 aromatic heterocycles. The zero-order chi connectivity index (χ0) is 22.7. The lowest BCUT2D eigenvalue weighted by molar-refractivity contribution is -0.141. The normalized spacial score (nSPS) is 10.8. The quantitative estimate of drug-likeness (QED) is 0.595. The molecule has 0 unspecified atom stereocenters. The number of phenols is 1. The number of benzene rings is 1. The molecule has 0 fully saturated rings. The Bertz CT molecular complexity index is 721. The number of nitrogens with zero attached hydrogens (tertiary/aromatic N) is 1. The molecule has 29 heavy (non-hydrogen) atoms. The molecule has 2 N–H and O–H groups in total. The van der Waals surface area contributed by atoms with Gasteiger partial charge in [0.25, 0.3) is 0 Å². The smallest absolute Gasteiger partial charge is 0.433 e. The first-order valence-corrected chi connectivity index (χ1v) is 9.56. The summed E-state index contributed by atoms with van der Waals surface area (Å²) in [5.74, 6) is 0.0317. The summed E-state index contributed by atoms with van der Waals surface area (Å²) in [6.07, 6.45) is -1.99. The topological polar surface area (TPSA) is 62.2 Å². The SMILES string of the molecule is CC.CCCC(C)(C)C(=O)Nc1ccnc(C(F)(F)F)c1.Cc1ccc(O)cc1. The minimum Gasteiger partial charge on any atom is -0.508 e. The highest BCUT2D eigenvalue weighted by Crippen LogP contribution is 2.30.